The summed E-state index contributed by atoms with van der Waals surface area (Å²) in [6.07, 6.45) is 4.74. The molecule has 9 nitrogen and oxygen atoms in total. The summed E-state index contributed by atoms with van der Waals surface area (Å²) in [7, 11) is 6.30. The lowest BCUT2D eigenvalue weighted by Gasteiger charge is -2.29. The molecule has 2 aromatic carbocycles. The van der Waals surface area contributed by atoms with Gasteiger partial charge in [0.05, 0.1) is 53.1 Å². The monoisotopic (exact) mass is 556 g/mol. The summed E-state index contributed by atoms with van der Waals surface area (Å²) in [6, 6.07) is 9.96. The first-order valence-electron chi connectivity index (χ1n) is 13.8. The van der Waals surface area contributed by atoms with Gasteiger partial charge in [-0.3, -0.25) is 4.79 Å². The minimum Gasteiger partial charge on any atom is -0.493 e. The zero-order valence-electron chi connectivity index (χ0n) is 24.9. The molecular formula is C31H44N2O7. The van der Waals surface area contributed by atoms with Crippen LogP contribution < -0.4 is 33.7 Å². The molecule has 1 N–H and O–H groups in total. The highest BCUT2D eigenvalue weighted by atomic mass is 16.5. The van der Waals surface area contributed by atoms with Gasteiger partial charge in [-0.1, -0.05) is 19.4 Å². The van der Waals surface area contributed by atoms with Gasteiger partial charge in [0.15, 0.2) is 23.0 Å². The summed E-state index contributed by atoms with van der Waals surface area (Å²) >= 11 is 0. The minimum absolute atomic E-state index is 0.201. The third-order valence-electron chi connectivity index (χ3n) is 6.98. The molecule has 0 saturated heterocycles. The van der Waals surface area contributed by atoms with Crippen molar-refractivity contribution in [2.24, 2.45) is 0 Å². The fraction of sp³-hybridized carbons (Fsp3) is 0.548. The first-order valence-corrected chi connectivity index (χ1v) is 13.8. The van der Waals surface area contributed by atoms with Crippen LogP contribution in [0.3, 0.4) is 0 Å². The lowest BCUT2D eigenvalue weighted by atomic mass is 9.74. The number of amides is 1. The molecule has 0 radical (unpaired) electrons. The molecule has 0 spiro atoms. The number of methoxy groups -OCH3 is 4. The van der Waals surface area contributed by atoms with Gasteiger partial charge in [-0.25, -0.2) is 0 Å². The van der Waals surface area contributed by atoms with Gasteiger partial charge >= 0.3 is 0 Å². The van der Waals surface area contributed by atoms with Crippen molar-refractivity contribution in [2.75, 3.05) is 41.7 Å². The largest absolute Gasteiger partial charge is 0.493 e. The number of nitrogens with one attached hydrogen (secondary N) is 1. The maximum absolute atomic E-state index is 11.6. The van der Waals surface area contributed by atoms with Crippen LogP contribution in [0.25, 0.3) is 0 Å². The maximum Gasteiger partial charge on any atom is 0.207 e. The first kappa shape index (κ1) is 32.4. The SMILES string of the molecule is CCC[C@@](C#N)(CCC[C@H](Cc1cc(OCC)c(OC)c(OC)c1OCC)NC=O)c1ccc(OC)c(OC)c1. The van der Waals surface area contributed by atoms with Crippen LogP contribution in [0.4, 0.5) is 0 Å². The second-order valence-electron chi connectivity index (χ2n) is 9.39. The average molecular weight is 557 g/mol. The fourth-order valence-corrected chi connectivity index (χ4v) is 5.15. The van der Waals surface area contributed by atoms with Gasteiger partial charge in [-0.15, -0.1) is 0 Å². The second-order valence-corrected chi connectivity index (χ2v) is 9.39. The van der Waals surface area contributed by atoms with Gasteiger partial charge in [0.25, 0.3) is 0 Å². The van der Waals surface area contributed by atoms with Crippen LogP contribution in [-0.2, 0) is 16.6 Å². The van der Waals surface area contributed by atoms with Crippen molar-refractivity contribution in [1.29, 1.82) is 5.26 Å². The molecule has 1 amide bonds. The predicted octanol–water partition coefficient (Wildman–Crippen LogP) is 5.61. The van der Waals surface area contributed by atoms with Gasteiger partial charge in [-0.05, 0) is 69.7 Å². The van der Waals surface area contributed by atoms with E-state index in [-0.39, 0.29) is 6.04 Å². The molecule has 2 atom stereocenters. The van der Waals surface area contributed by atoms with E-state index >= 15 is 0 Å². The van der Waals surface area contributed by atoms with Crippen molar-refractivity contribution in [3.8, 4) is 40.6 Å². The summed E-state index contributed by atoms with van der Waals surface area (Å²) in [4.78, 5) is 11.6. The first-order chi connectivity index (χ1) is 19.4. The van der Waals surface area contributed by atoms with E-state index in [4.69, 9.17) is 28.4 Å². The number of ether oxygens (including phenoxy) is 6. The van der Waals surface area contributed by atoms with Crippen LogP contribution in [0.5, 0.6) is 34.5 Å². The second kappa shape index (κ2) is 16.3. The van der Waals surface area contributed by atoms with Crippen molar-refractivity contribution in [3.63, 3.8) is 0 Å². The van der Waals surface area contributed by atoms with Gasteiger partial charge < -0.3 is 33.7 Å². The van der Waals surface area contributed by atoms with E-state index in [2.05, 4.69) is 18.3 Å². The minimum atomic E-state index is -0.692. The van der Waals surface area contributed by atoms with E-state index in [0.29, 0.717) is 86.2 Å². The van der Waals surface area contributed by atoms with Crippen molar-refractivity contribution in [3.05, 3.63) is 35.4 Å². The molecule has 2 rings (SSSR count). The zero-order valence-corrected chi connectivity index (χ0v) is 24.9. The van der Waals surface area contributed by atoms with Crippen LogP contribution in [0, 0.1) is 11.3 Å². The molecule has 2 aromatic rings. The lowest BCUT2D eigenvalue weighted by molar-refractivity contribution is -0.110. The fourth-order valence-electron chi connectivity index (χ4n) is 5.15. The quantitative estimate of drug-likeness (QED) is 0.223. The highest BCUT2D eigenvalue weighted by molar-refractivity contribution is 5.63. The Morgan fingerprint density at radius 3 is 2.12 bits per heavy atom. The Bertz CT molecular complexity index is 1130. The van der Waals surface area contributed by atoms with Crippen molar-refractivity contribution < 1.29 is 33.2 Å². The van der Waals surface area contributed by atoms with Gasteiger partial charge in [0, 0.05) is 11.6 Å². The van der Waals surface area contributed by atoms with Crippen molar-refractivity contribution in [1.82, 2.24) is 5.32 Å². The molecular weight excluding hydrogens is 512 g/mol. The van der Waals surface area contributed by atoms with Crippen LogP contribution in [0.15, 0.2) is 24.3 Å². The molecule has 0 aromatic heterocycles. The molecule has 0 bridgehead atoms. The van der Waals surface area contributed by atoms with E-state index in [1.165, 1.54) is 0 Å². The van der Waals surface area contributed by atoms with E-state index in [1.807, 2.05) is 38.1 Å². The number of carbonyl (C=O) groups is 1. The molecule has 220 valence electrons. The molecule has 0 fully saturated rings. The Hall–Kier alpha value is -3.80. The number of nitriles is 1. The molecule has 0 aliphatic carbocycles. The Balaban J connectivity index is 2.36. The Kier molecular flexibility index (Phi) is 13.2. The third-order valence-corrected chi connectivity index (χ3v) is 6.98. The number of rotatable bonds is 19. The number of hydrogen-bond donors (Lipinski definition) is 1. The van der Waals surface area contributed by atoms with Crippen LogP contribution in [-0.4, -0.2) is 54.1 Å². The molecule has 0 heterocycles. The Labute approximate surface area is 238 Å². The number of carbonyl (C=O) groups excluding carboxylic acids is 1. The van der Waals surface area contributed by atoms with Gasteiger partial charge in [0.1, 0.15) is 0 Å². The van der Waals surface area contributed by atoms with E-state index in [0.717, 1.165) is 17.5 Å². The standard InChI is InChI=1S/C31H44N2O7/c1-8-15-31(20-32,23-13-14-25(35-4)26(19-23)36-5)16-11-12-24(33-21-34)17-22-18-27(39-9-2)29(37-6)30(38-7)28(22)40-10-3/h13-14,18-19,21,24H,8-12,15-17H2,1-7H3,(H,33,34)/t24-,31+/m1/s1. The highest BCUT2D eigenvalue weighted by Crippen LogP contribution is 2.47. The van der Waals surface area contributed by atoms with Gasteiger partial charge in [-0.2, -0.15) is 5.26 Å². The van der Waals surface area contributed by atoms with E-state index in [9.17, 15) is 10.1 Å². The zero-order chi connectivity index (χ0) is 29.5. The number of benzene rings is 2. The normalized spacial score (nSPS) is 12.8. The summed E-state index contributed by atoms with van der Waals surface area (Å²) in [5.41, 5.74) is 1.04. The Morgan fingerprint density at radius 2 is 1.57 bits per heavy atom. The van der Waals surface area contributed by atoms with Crippen LogP contribution in [0.1, 0.15) is 64.0 Å². The topological polar surface area (TPSA) is 108 Å². The summed E-state index contributed by atoms with van der Waals surface area (Å²) in [5, 5.41) is 13.3. The summed E-state index contributed by atoms with van der Waals surface area (Å²) < 4.78 is 33.9. The Morgan fingerprint density at radius 1 is 0.875 bits per heavy atom. The van der Waals surface area contributed by atoms with Crippen molar-refractivity contribution >= 4 is 6.41 Å². The predicted molar refractivity (Wildman–Crippen MR) is 154 cm³/mol. The smallest absolute Gasteiger partial charge is 0.207 e. The van der Waals surface area contributed by atoms with Gasteiger partial charge in [0.2, 0.25) is 17.9 Å². The van der Waals surface area contributed by atoms with Crippen molar-refractivity contribution in [2.45, 2.75) is 70.8 Å². The molecule has 0 aliphatic rings. The number of hydrogen-bond acceptors (Lipinski definition) is 8. The van der Waals surface area contributed by atoms with Crippen LogP contribution >= 0.6 is 0 Å². The van der Waals surface area contributed by atoms with Crippen LogP contribution in [0.2, 0.25) is 0 Å². The van der Waals surface area contributed by atoms with E-state index in [1.54, 1.807) is 28.4 Å². The molecule has 0 unspecified atom stereocenters. The summed E-state index contributed by atoms with van der Waals surface area (Å²) in [5.74, 6) is 3.24. The molecule has 0 saturated carbocycles. The molecule has 40 heavy (non-hydrogen) atoms. The average Bonchev–Trinajstić information content (AvgIpc) is 2.97. The maximum atomic E-state index is 11.6. The van der Waals surface area contributed by atoms with E-state index < -0.39 is 5.41 Å². The highest BCUT2D eigenvalue weighted by Gasteiger charge is 2.32. The molecule has 0 aliphatic heterocycles. The number of nitrogens with zero attached hydrogens (tertiary/aromatic N) is 1. The summed E-state index contributed by atoms with van der Waals surface area (Å²) in [6.45, 7) is 6.75. The molecule has 9 heteroatoms. The third kappa shape index (κ3) is 7.65. The lowest BCUT2D eigenvalue weighted by Crippen LogP contribution is -2.31.